The highest BCUT2D eigenvalue weighted by atomic mass is 32.1. The van der Waals surface area contributed by atoms with Crippen LogP contribution >= 0.6 is 11.3 Å². The van der Waals surface area contributed by atoms with Crippen LogP contribution in [0.3, 0.4) is 0 Å². The largest absolute Gasteiger partial charge is 0.380 e. The van der Waals surface area contributed by atoms with E-state index in [9.17, 15) is 4.79 Å². The minimum Gasteiger partial charge on any atom is -0.380 e. The third kappa shape index (κ3) is 3.87. The maximum Gasteiger partial charge on any atom is 0.254 e. The number of nitrogens with one attached hydrogen (secondary N) is 1. The molecule has 1 aromatic carbocycles. The molecule has 21 heavy (non-hydrogen) atoms. The fraction of sp³-hybridized carbons (Fsp3) is 0.235. The molecule has 2 rings (SSSR count). The van der Waals surface area contributed by atoms with Gasteiger partial charge in [0, 0.05) is 29.7 Å². The van der Waals surface area contributed by atoms with E-state index >= 15 is 0 Å². The highest BCUT2D eigenvalue weighted by Gasteiger charge is 2.10. The molecule has 1 N–H and O–H groups in total. The summed E-state index contributed by atoms with van der Waals surface area (Å²) in [5.41, 5.74) is 2.94. The van der Waals surface area contributed by atoms with Gasteiger partial charge in [0.05, 0.1) is 6.54 Å². The molecule has 1 amide bonds. The Kier molecular flexibility index (Phi) is 5.02. The molecule has 0 radical (unpaired) electrons. The fourth-order valence-corrected chi connectivity index (χ4v) is 2.77. The minimum absolute atomic E-state index is 0.0615. The van der Waals surface area contributed by atoms with Gasteiger partial charge in [0.2, 0.25) is 0 Å². The third-order valence-corrected chi connectivity index (χ3v) is 4.25. The lowest BCUT2D eigenvalue weighted by Crippen LogP contribution is -2.26. The van der Waals surface area contributed by atoms with Crippen LogP contribution in [0.25, 0.3) is 0 Å². The fourth-order valence-electron chi connectivity index (χ4n) is 1.93. The molecule has 3 nitrogen and oxygen atoms in total. The number of nitrogens with zero attached hydrogens (tertiary/aromatic N) is 1. The van der Waals surface area contributed by atoms with Crippen molar-refractivity contribution in [3.63, 3.8) is 0 Å². The summed E-state index contributed by atoms with van der Waals surface area (Å²) >= 11 is 1.74. The Morgan fingerprint density at radius 3 is 2.62 bits per heavy atom. The van der Waals surface area contributed by atoms with E-state index in [1.165, 1.54) is 15.3 Å². The van der Waals surface area contributed by atoms with Gasteiger partial charge in [0.1, 0.15) is 0 Å². The zero-order valence-electron chi connectivity index (χ0n) is 12.2. The Morgan fingerprint density at radius 2 is 2.05 bits per heavy atom. The highest BCUT2D eigenvalue weighted by molar-refractivity contribution is 7.10. The number of thiophene rings is 1. The van der Waals surface area contributed by atoms with Crippen molar-refractivity contribution >= 4 is 22.9 Å². The van der Waals surface area contributed by atoms with Crippen LogP contribution in [0.2, 0.25) is 0 Å². The van der Waals surface area contributed by atoms with Gasteiger partial charge < -0.3 is 10.2 Å². The molecule has 1 aromatic heterocycles. The lowest BCUT2D eigenvalue weighted by atomic mass is 10.2. The molecule has 0 bridgehead atoms. The summed E-state index contributed by atoms with van der Waals surface area (Å²) in [6, 6.07) is 9.59. The van der Waals surface area contributed by atoms with Gasteiger partial charge in [-0.3, -0.25) is 4.79 Å². The summed E-state index contributed by atoms with van der Waals surface area (Å²) in [6.45, 7) is 3.22. The molecule has 1 heterocycles. The number of amides is 1. The molecule has 2 aromatic rings. The van der Waals surface area contributed by atoms with Gasteiger partial charge in [-0.25, -0.2) is 0 Å². The maximum absolute atomic E-state index is 12.0. The Balaban J connectivity index is 1.97. The predicted molar refractivity (Wildman–Crippen MR) is 88.6 cm³/mol. The summed E-state index contributed by atoms with van der Waals surface area (Å²) in [6.07, 6.45) is 5.21. The standard InChI is InChI=1S/C17H18N2OS/c1-4-10-19(3)17(20)14-5-7-15(8-6-14)18-12-16-13(2)9-11-21-16/h1,5-9,11,18H,10,12H2,2-3H3. The Bertz CT molecular complexity index is 652. The number of hydrogen-bond acceptors (Lipinski definition) is 3. The van der Waals surface area contributed by atoms with E-state index in [4.69, 9.17) is 6.42 Å². The van der Waals surface area contributed by atoms with Crippen molar-refractivity contribution in [3.8, 4) is 12.3 Å². The molecule has 0 aliphatic carbocycles. The number of benzene rings is 1. The molecule has 108 valence electrons. The average molecular weight is 298 g/mol. The van der Waals surface area contributed by atoms with E-state index in [0.29, 0.717) is 12.1 Å². The van der Waals surface area contributed by atoms with Crippen LogP contribution in [0.1, 0.15) is 20.8 Å². The monoisotopic (exact) mass is 298 g/mol. The van der Waals surface area contributed by atoms with E-state index < -0.39 is 0 Å². The molecule has 0 aliphatic rings. The van der Waals surface area contributed by atoms with Gasteiger partial charge in [0.25, 0.3) is 5.91 Å². The molecule has 0 unspecified atom stereocenters. The molecule has 0 saturated carbocycles. The van der Waals surface area contributed by atoms with Gasteiger partial charge in [-0.05, 0) is 48.2 Å². The third-order valence-electron chi connectivity index (χ3n) is 3.23. The smallest absolute Gasteiger partial charge is 0.254 e. The summed E-state index contributed by atoms with van der Waals surface area (Å²) in [7, 11) is 1.70. The maximum atomic E-state index is 12.0. The first-order valence-corrected chi connectivity index (χ1v) is 7.55. The van der Waals surface area contributed by atoms with E-state index in [0.717, 1.165) is 12.2 Å². The topological polar surface area (TPSA) is 32.3 Å². The van der Waals surface area contributed by atoms with Crippen molar-refractivity contribution in [1.82, 2.24) is 4.90 Å². The van der Waals surface area contributed by atoms with Gasteiger partial charge in [-0.2, -0.15) is 0 Å². The lowest BCUT2D eigenvalue weighted by Gasteiger charge is -2.14. The summed E-state index contributed by atoms with van der Waals surface area (Å²) < 4.78 is 0. The second kappa shape index (κ2) is 6.96. The van der Waals surface area contributed by atoms with Gasteiger partial charge in [-0.1, -0.05) is 5.92 Å². The highest BCUT2D eigenvalue weighted by Crippen LogP contribution is 2.18. The minimum atomic E-state index is -0.0615. The molecule has 0 atom stereocenters. The first-order chi connectivity index (χ1) is 10.1. The van der Waals surface area contributed by atoms with Gasteiger partial charge >= 0.3 is 0 Å². The summed E-state index contributed by atoms with van der Waals surface area (Å²) in [4.78, 5) is 14.9. The molecular weight excluding hydrogens is 280 g/mol. The van der Waals surface area contributed by atoms with Crippen LogP contribution < -0.4 is 5.32 Å². The van der Waals surface area contributed by atoms with Crippen molar-refractivity contribution in [2.24, 2.45) is 0 Å². The van der Waals surface area contributed by atoms with Crippen molar-refractivity contribution in [1.29, 1.82) is 0 Å². The van der Waals surface area contributed by atoms with E-state index in [1.807, 2.05) is 24.3 Å². The quantitative estimate of drug-likeness (QED) is 0.858. The summed E-state index contributed by atoms with van der Waals surface area (Å²) in [5, 5.41) is 5.45. The Hall–Kier alpha value is -2.25. The zero-order valence-corrected chi connectivity index (χ0v) is 13.0. The van der Waals surface area contributed by atoms with Crippen LogP contribution in [-0.4, -0.2) is 24.4 Å². The van der Waals surface area contributed by atoms with Crippen LogP contribution in [0.4, 0.5) is 5.69 Å². The number of anilines is 1. The summed E-state index contributed by atoms with van der Waals surface area (Å²) in [5.74, 6) is 2.40. The van der Waals surface area contributed by atoms with Gasteiger partial charge in [-0.15, -0.1) is 17.8 Å². The van der Waals surface area contributed by atoms with E-state index in [2.05, 4.69) is 29.6 Å². The van der Waals surface area contributed by atoms with Crippen LogP contribution in [0, 0.1) is 19.3 Å². The second-order valence-corrected chi connectivity index (χ2v) is 5.82. The van der Waals surface area contributed by atoms with E-state index in [-0.39, 0.29) is 5.91 Å². The molecule has 0 spiro atoms. The Morgan fingerprint density at radius 1 is 1.33 bits per heavy atom. The first-order valence-electron chi connectivity index (χ1n) is 6.67. The average Bonchev–Trinajstić information content (AvgIpc) is 2.90. The van der Waals surface area contributed by atoms with Crippen molar-refractivity contribution in [2.75, 3.05) is 18.9 Å². The number of carbonyl (C=O) groups is 1. The van der Waals surface area contributed by atoms with Crippen molar-refractivity contribution in [3.05, 3.63) is 51.7 Å². The number of aryl methyl sites for hydroxylation is 1. The van der Waals surface area contributed by atoms with Crippen LogP contribution in [0.15, 0.2) is 35.7 Å². The first kappa shape index (κ1) is 15.1. The predicted octanol–water partition coefficient (Wildman–Crippen LogP) is 3.37. The van der Waals surface area contributed by atoms with Crippen molar-refractivity contribution in [2.45, 2.75) is 13.5 Å². The number of rotatable bonds is 5. The van der Waals surface area contributed by atoms with E-state index in [1.54, 1.807) is 18.4 Å². The van der Waals surface area contributed by atoms with Gasteiger partial charge in [0.15, 0.2) is 0 Å². The zero-order chi connectivity index (χ0) is 15.2. The van der Waals surface area contributed by atoms with Crippen molar-refractivity contribution < 1.29 is 4.79 Å². The molecule has 0 fully saturated rings. The number of hydrogen-bond donors (Lipinski definition) is 1. The van der Waals surface area contributed by atoms with Crippen LogP contribution in [-0.2, 0) is 6.54 Å². The molecule has 0 aliphatic heterocycles. The number of carbonyl (C=O) groups excluding carboxylic acids is 1. The normalized spacial score (nSPS) is 9.95. The molecular formula is C17H18N2OS. The Labute approximate surface area is 129 Å². The lowest BCUT2D eigenvalue weighted by molar-refractivity contribution is 0.0812. The molecule has 4 heteroatoms. The second-order valence-electron chi connectivity index (χ2n) is 4.82. The molecule has 0 saturated heterocycles. The number of terminal acetylenes is 1. The SMILES string of the molecule is C#CCN(C)C(=O)c1ccc(NCc2sccc2C)cc1. The van der Waals surface area contributed by atoms with Crippen LogP contribution in [0.5, 0.6) is 0 Å².